The molecule has 4 nitrogen and oxygen atoms in total. The maximum absolute atomic E-state index is 8.78. The minimum Gasteiger partial charge on any atom is -0.309 e. The molecule has 1 aromatic heterocycles. The molecule has 1 aromatic carbocycles. The topological polar surface area (TPSA) is 61.6 Å². The third-order valence-corrected chi connectivity index (χ3v) is 2.33. The highest BCUT2D eigenvalue weighted by atomic mass is 14.9. The third kappa shape index (κ3) is 3.37. The summed E-state index contributed by atoms with van der Waals surface area (Å²) in [4.78, 5) is 7.89. The number of nitrogens with zero attached hydrogens (tertiary/aromatic N) is 3. The van der Waals surface area contributed by atoms with Gasteiger partial charge in [-0.1, -0.05) is 12.1 Å². The molecule has 1 N–H and O–H groups in total. The monoisotopic (exact) mass is 224 g/mol. The predicted octanol–water partition coefficient (Wildman–Crippen LogP) is 1.64. The lowest BCUT2D eigenvalue weighted by Gasteiger charge is -2.04. The molecule has 0 atom stereocenters. The average Bonchev–Trinajstić information content (AvgIpc) is 2.40. The van der Waals surface area contributed by atoms with Gasteiger partial charge in [0, 0.05) is 31.0 Å². The van der Waals surface area contributed by atoms with Crippen LogP contribution in [-0.4, -0.2) is 9.97 Å². The fourth-order valence-corrected chi connectivity index (χ4v) is 1.52. The van der Waals surface area contributed by atoms with Crippen LogP contribution in [0.3, 0.4) is 0 Å². The van der Waals surface area contributed by atoms with E-state index in [9.17, 15) is 0 Å². The van der Waals surface area contributed by atoms with Crippen LogP contribution in [0.25, 0.3) is 0 Å². The van der Waals surface area contributed by atoms with Gasteiger partial charge < -0.3 is 5.32 Å². The van der Waals surface area contributed by atoms with Gasteiger partial charge in [0.2, 0.25) is 0 Å². The van der Waals surface area contributed by atoms with Crippen molar-refractivity contribution < 1.29 is 0 Å². The van der Waals surface area contributed by atoms with Crippen molar-refractivity contribution in [3.63, 3.8) is 0 Å². The molecule has 0 spiro atoms. The maximum Gasteiger partial charge on any atom is 0.115 e. The number of hydrogen-bond donors (Lipinski definition) is 1. The van der Waals surface area contributed by atoms with Crippen LogP contribution in [0.4, 0.5) is 0 Å². The molecular formula is C13H12N4. The van der Waals surface area contributed by atoms with Gasteiger partial charge in [-0.25, -0.2) is 9.97 Å². The summed E-state index contributed by atoms with van der Waals surface area (Å²) in [6.07, 6.45) is 5.08. The highest BCUT2D eigenvalue weighted by molar-refractivity contribution is 5.32. The SMILES string of the molecule is N#Cc1cccc(CNCc2cncnc2)c1. The van der Waals surface area contributed by atoms with E-state index in [1.165, 1.54) is 6.33 Å². The minimum atomic E-state index is 0.687. The average molecular weight is 224 g/mol. The van der Waals surface area contributed by atoms with Gasteiger partial charge in [0.05, 0.1) is 11.6 Å². The molecule has 0 aliphatic carbocycles. The fourth-order valence-electron chi connectivity index (χ4n) is 1.52. The second-order valence-corrected chi connectivity index (χ2v) is 3.66. The van der Waals surface area contributed by atoms with E-state index in [-0.39, 0.29) is 0 Å². The van der Waals surface area contributed by atoms with Crippen molar-refractivity contribution in [2.24, 2.45) is 0 Å². The van der Waals surface area contributed by atoms with E-state index in [1.807, 2.05) is 18.2 Å². The Labute approximate surface area is 100.0 Å². The van der Waals surface area contributed by atoms with Crippen LogP contribution in [0, 0.1) is 11.3 Å². The van der Waals surface area contributed by atoms with Crippen molar-refractivity contribution in [1.82, 2.24) is 15.3 Å². The van der Waals surface area contributed by atoms with Crippen LogP contribution in [0.15, 0.2) is 43.0 Å². The normalized spacial score (nSPS) is 9.82. The van der Waals surface area contributed by atoms with Crippen molar-refractivity contribution >= 4 is 0 Å². The molecule has 0 radical (unpaired) electrons. The van der Waals surface area contributed by atoms with Crippen molar-refractivity contribution in [2.45, 2.75) is 13.1 Å². The zero-order valence-corrected chi connectivity index (χ0v) is 9.30. The first-order valence-corrected chi connectivity index (χ1v) is 5.32. The molecule has 0 saturated heterocycles. The molecule has 0 aliphatic heterocycles. The Morgan fingerprint density at radius 2 is 1.88 bits per heavy atom. The first-order valence-electron chi connectivity index (χ1n) is 5.32. The van der Waals surface area contributed by atoms with Crippen LogP contribution in [0.5, 0.6) is 0 Å². The predicted molar refractivity (Wildman–Crippen MR) is 63.7 cm³/mol. The van der Waals surface area contributed by atoms with Crippen molar-refractivity contribution in [3.05, 3.63) is 59.7 Å². The van der Waals surface area contributed by atoms with E-state index < -0.39 is 0 Å². The second-order valence-electron chi connectivity index (χ2n) is 3.66. The lowest BCUT2D eigenvalue weighted by atomic mass is 10.1. The Morgan fingerprint density at radius 1 is 1.12 bits per heavy atom. The molecule has 0 unspecified atom stereocenters. The van der Waals surface area contributed by atoms with Gasteiger partial charge >= 0.3 is 0 Å². The van der Waals surface area contributed by atoms with E-state index in [2.05, 4.69) is 21.4 Å². The van der Waals surface area contributed by atoms with Gasteiger partial charge in [-0.15, -0.1) is 0 Å². The number of benzene rings is 1. The quantitative estimate of drug-likeness (QED) is 0.857. The molecule has 2 aromatic rings. The highest BCUT2D eigenvalue weighted by Crippen LogP contribution is 2.04. The smallest absolute Gasteiger partial charge is 0.115 e. The Balaban J connectivity index is 1.88. The summed E-state index contributed by atoms with van der Waals surface area (Å²) in [5.74, 6) is 0. The standard InChI is InChI=1S/C13H12N4/c14-5-11-2-1-3-12(4-11)6-15-7-13-8-16-10-17-9-13/h1-4,8-10,15H,6-7H2. The summed E-state index contributed by atoms with van der Waals surface area (Å²) in [6.45, 7) is 1.45. The zero-order chi connectivity index (χ0) is 11.9. The number of rotatable bonds is 4. The molecule has 0 bridgehead atoms. The van der Waals surface area contributed by atoms with Gasteiger partial charge in [0.25, 0.3) is 0 Å². The molecule has 0 fully saturated rings. The summed E-state index contributed by atoms with van der Waals surface area (Å²) >= 11 is 0. The second kappa shape index (κ2) is 5.73. The Bertz CT molecular complexity index is 516. The van der Waals surface area contributed by atoms with Crippen molar-refractivity contribution in [3.8, 4) is 6.07 Å². The Kier molecular flexibility index (Phi) is 3.79. The van der Waals surface area contributed by atoms with E-state index in [0.29, 0.717) is 5.56 Å². The van der Waals surface area contributed by atoms with Crippen LogP contribution in [0.1, 0.15) is 16.7 Å². The summed E-state index contributed by atoms with van der Waals surface area (Å²) in [5.41, 5.74) is 2.83. The van der Waals surface area contributed by atoms with Gasteiger partial charge in [0.1, 0.15) is 6.33 Å². The Hall–Kier alpha value is -2.25. The van der Waals surface area contributed by atoms with E-state index in [4.69, 9.17) is 5.26 Å². The largest absolute Gasteiger partial charge is 0.309 e. The summed E-state index contributed by atoms with van der Waals surface area (Å²) in [5, 5.41) is 12.1. The van der Waals surface area contributed by atoms with Gasteiger partial charge in [-0.05, 0) is 17.7 Å². The first-order chi connectivity index (χ1) is 8.38. The minimum absolute atomic E-state index is 0.687. The third-order valence-electron chi connectivity index (χ3n) is 2.33. The molecule has 4 heteroatoms. The lowest BCUT2D eigenvalue weighted by Crippen LogP contribution is -2.13. The number of nitriles is 1. The molecule has 17 heavy (non-hydrogen) atoms. The first kappa shape index (κ1) is 11.2. The lowest BCUT2D eigenvalue weighted by molar-refractivity contribution is 0.688. The maximum atomic E-state index is 8.78. The van der Waals surface area contributed by atoms with Crippen molar-refractivity contribution in [2.75, 3.05) is 0 Å². The van der Waals surface area contributed by atoms with Crippen LogP contribution >= 0.6 is 0 Å². The summed E-state index contributed by atoms with van der Waals surface area (Å²) < 4.78 is 0. The van der Waals surface area contributed by atoms with Crippen LogP contribution in [0.2, 0.25) is 0 Å². The summed E-state index contributed by atoms with van der Waals surface area (Å²) in [6, 6.07) is 9.70. The molecular weight excluding hydrogens is 212 g/mol. The molecule has 0 aliphatic rings. The van der Waals surface area contributed by atoms with E-state index in [0.717, 1.165) is 24.2 Å². The molecule has 0 amide bonds. The number of nitrogens with one attached hydrogen (secondary N) is 1. The van der Waals surface area contributed by atoms with Crippen LogP contribution < -0.4 is 5.32 Å². The molecule has 84 valence electrons. The highest BCUT2D eigenvalue weighted by Gasteiger charge is 1.96. The summed E-state index contributed by atoms with van der Waals surface area (Å²) in [7, 11) is 0. The van der Waals surface area contributed by atoms with Gasteiger partial charge in [-0.2, -0.15) is 5.26 Å². The Morgan fingerprint density at radius 3 is 2.65 bits per heavy atom. The van der Waals surface area contributed by atoms with E-state index in [1.54, 1.807) is 18.5 Å². The fraction of sp³-hybridized carbons (Fsp3) is 0.154. The van der Waals surface area contributed by atoms with Gasteiger partial charge in [-0.3, -0.25) is 0 Å². The zero-order valence-electron chi connectivity index (χ0n) is 9.30. The number of hydrogen-bond acceptors (Lipinski definition) is 4. The molecule has 2 rings (SSSR count). The molecule has 1 heterocycles. The number of aromatic nitrogens is 2. The van der Waals surface area contributed by atoms with Crippen molar-refractivity contribution in [1.29, 1.82) is 5.26 Å². The van der Waals surface area contributed by atoms with Gasteiger partial charge in [0.15, 0.2) is 0 Å². The van der Waals surface area contributed by atoms with E-state index >= 15 is 0 Å². The van der Waals surface area contributed by atoms with Crippen LogP contribution in [-0.2, 0) is 13.1 Å². The molecule has 0 saturated carbocycles.